The van der Waals surface area contributed by atoms with E-state index in [1.807, 2.05) is 0 Å². The van der Waals surface area contributed by atoms with Crippen LogP contribution in [0.3, 0.4) is 0 Å². The minimum atomic E-state index is -0.337. The van der Waals surface area contributed by atoms with E-state index < -0.39 is 0 Å². The molecule has 0 unspecified atom stereocenters. The van der Waals surface area contributed by atoms with Gasteiger partial charge >= 0.3 is 6.01 Å². The zero-order chi connectivity index (χ0) is 17.6. The molecule has 8 heteroatoms. The van der Waals surface area contributed by atoms with Crippen LogP contribution in [0.2, 0.25) is 0 Å². The molecule has 0 bridgehead atoms. The first kappa shape index (κ1) is 15.7. The lowest BCUT2D eigenvalue weighted by molar-refractivity contribution is -0.174. The van der Waals surface area contributed by atoms with E-state index in [1.54, 1.807) is 29.4 Å². The summed E-state index contributed by atoms with van der Waals surface area (Å²) in [4.78, 5) is 22.6. The first-order valence-electron chi connectivity index (χ1n) is 9.04. The quantitative estimate of drug-likeness (QED) is 0.825. The zero-order valence-corrected chi connectivity index (χ0v) is 14.3. The van der Waals surface area contributed by atoms with Gasteiger partial charge in [-0.25, -0.2) is 9.97 Å². The van der Waals surface area contributed by atoms with Gasteiger partial charge in [-0.1, -0.05) is 5.16 Å². The van der Waals surface area contributed by atoms with Crippen LogP contribution in [-0.4, -0.2) is 57.3 Å². The number of amides is 1. The Hall–Kier alpha value is -2.48. The second-order valence-corrected chi connectivity index (χ2v) is 7.35. The van der Waals surface area contributed by atoms with E-state index in [0.29, 0.717) is 37.3 Å². The highest BCUT2D eigenvalue weighted by molar-refractivity contribution is 5.93. The van der Waals surface area contributed by atoms with E-state index >= 15 is 0 Å². The van der Waals surface area contributed by atoms with E-state index in [2.05, 4.69) is 15.1 Å². The number of nitrogens with zero attached hydrogens (tertiary/aromatic N) is 4. The Morgan fingerprint density at radius 2 is 2.04 bits per heavy atom. The number of carbonyl (C=O) groups excluding carboxylic acids is 1. The molecule has 1 saturated carbocycles. The summed E-state index contributed by atoms with van der Waals surface area (Å²) in [7, 11) is 0. The SMILES string of the molecule is O=C(c1cc(C2CC2)on1)N1CC2(C[C@@H](Oc3ncccn3)CCO2)C1. The van der Waals surface area contributed by atoms with Crippen LogP contribution < -0.4 is 4.74 Å². The second-order valence-electron chi connectivity index (χ2n) is 7.35. The summed E-state index contributed by atoms with van der Waals surface area (Å²) in [5.41, 5.74) is 0.0548. The predicted octanol–water partition coefficient (Wildman–Crippen LogP) is 1.79. The molecule has 0 aromatic carbocycles. The maximum absolute atomic E-state index is 12.6. The third-order valence-electron chi connectivity index (χ3n) is 5.23. The van der Waals surface area contributed by atoms with Gasteiger partial charge in [-0.05, 0) is 18.9 Å². The van der Waals surface area contributed by atoms with Gasteiger partial charge in [0.05, 0.1) is 19.7 Å². The van der Waals surface area contributed by atoms with E-state index in [4.69, 9.17) is 14.0 Å². The monoisotopic (exact) mass is 356 g/mol. The van der Waals surface area contributed by atoms with Gasteiger partial charge in [0, 0.05) is 37.2 Å². The lowest BCUT2D eigenvalue weighted by atomic mass is 9.84. The van der Waals surface area contributed by atoms with Crippen molar-refractivity contribution in [2.24, 2.45) is 0 Å². The number of hydrogen-bond acceptors (Lipinski definition) is 7. The van der Waals surface area contributed by atoms with Crippen LogP contribution in [0.5, 0.6) is 6.01 Å². The molecule has 1 aliphatic carbocycles. The number of aromatic nitrogens is 3. The normalized spacial score (nSPS) is 24.3. The summed E-state index contributed by atoms with van der Waals surface area (Å²) in [5, 5.41) is 3.94. The third kappa shape index (κ3) is 2.94. The van der Waals surface area contributed by atoms with Crippen molar-refractivity contribution in [2.45, 2.75) is 43.3 Å². The molecule has 136 valence electrons. The van der Waals surface area contributed by atoms with Crippen molar-refractivity contribution in [3.63, 3.8) is 0 Å². The van der Waals surface area contributed by atoms with Gasteiger partial charge in [0.25, 0.3) is 5.91 Å². The first-order chi connectivity index (χ1) is 12.7. The maximum Gasteiger partial charge on any atom is 0.316 e. The number of likely N-dealkylation sites (tertiary alicyclic amines) is 1. The van der Waals surface area contributed by atoms with E-state index in [9.17, 15) is 4.79 Å². The van der Waals surface area contributed by atoms with Crippen LogP contribution in [0.1, 0.15) is 47.8 Å². The molecular formula is C18H20N4O4. The molecule has 5 rings (SSSR count). The van der Waals surface area contributed by atoms with Crippen molar-refractivity contribution in [1.29, 1.82) is 0 Å². The number of hydrogen-bond donors (Lipinski definition) is 0. The van der Waals surface area contributed by atoms with Crippen molar-refractivity contribution < 1.29 is 18.8 Å². The van der Waals surface area contributed by atoms with Crippen molar-refractivity contribution in [2.75, 3.05) is 19.7 Å². The fraction of sp³-hybridized carbons (Fsp3) is 0.556. The van der Waals surface area contributed by atoms with Gasteiger partial charge < -0.3 is 18.9 Å². The summed E-state index contributed by atoms with van der Waals surface area (Å²) in [6.45, 7) is 1.70. The maximum atomic E-state index is 12.6. The molecule has 1 amide bonds. The molecular weight excluding hydrogens is 336 g/mol. The molecule has 3 aliphatic rings. The fourth-order valence-corrected chi connectivity index (χ4v) is 3.70. The van der Waals surface area contributed by atoms with Crippen LogP contribution in [0.4, 0.5) is 0 Å². The minimum Gasteiger partial charge on any atom is -0.460 e. The molecule has 26 heavy (non-hydrogen) atoms. The van der Waals surface area contributed by atoms with Gasteiger partial charge in [-0.3, -0.25) is 4.79 Å². The highest BCUT2D eigenvalue weighted by Crippen LogP contribution is 2.41. The molecule has 2 aromatic rings. The first-order valence-corrected chi connectivity index (χ1v) is 9.04. The summed E-state index contributed by atoms with van der Waals surface area (Å²) in [6, 6.07) is 3.93. The summed E-state index contributed by atoms with van der Waals surface area (Å²) >= 11 is 0. The minimum absolute atomic E-state index is 0.00285. The number of rotatable bonds is 4. The molecule has 2 saturated heterocycles. The van der Waals surface area contributed by atoms with Crippen molar-refractivity contribution in [3.8, 4) is 6.01 Å². The van der Waals surface area contributed by atoms with Crippen molar-refractivity contribution in [1.82, 2.24) is 20.0 Å². The predicted molar refractivity (Wildman–Crippen MR) is 88.7 cm³/mol. The topological polar surface area (TPSA) is 90.6 Å². The second kappa shape index (κ2) is 6.05. The van der Waals surface area contributed by atoms with Crippen LogP contribution in [0.25, 0.3) is 0 Å². The molecule has 1 atom stereocenters. The lowest BCUT2D eigenvalue weighted by Gasteiger charge is -2.52. The largest absolute Gasteiger partial charge is 0.460 e. The summed E-state index contributed by atoms with van der Waals surface area (Å²) in [5.74, 6) is 1.18. The van der Waals surface area contributed by atoms with Crippen LogP contribution in [0.15, 0.2) is 29.0 Å². The molecule has 8 nitrogen and oxygen atoms in total. The highest BCUT2D eigenvalue weighted by Gasteiger charge is 2.50. The van der Waals surface area contributed by atoms with E-state index in [1.165, 1.54) is 0 Å². The lowest BCUT2D eigenvalue weighted by Crippen LogP contribution is -2.67. The molecule has 2 aromatic heterocycles. The summed E-state index contributed by atoms with van der Waals surface area (Å²) < 4.78 is 17.1. The van der Waals surface area contributed by atoms with Gasteiger partial charge in [-0.15, -0.1) is 0 Å². The van der Waals surface area contributed by atoms with Gasteiger partial charge in [0.1, 0.15) is 17.5 Å². The average molecular weight is 356 g/mol. The molecule has 3 fully saturated rings. The Morgan fingerprint density at radius 1 is 1.23 bits per heavy atom. The molecule has 0 N–H and O–H groups in total. The zero-order valence-electron chi connectivity index (χ0n) is 14.3. The average Bonchev–Trinajstić information content (AvgIpc) is 3.37. The van der Waals surface area contributed by atoms with Crippen molar-refractivity contribution in [3.05, 3.63) is 36.0 Å². The Morgan fingerprint density at radius 3 is 2.81 bits per heavy atom. The molecule has 1 spiro atoms. The Kier molecular flexibility index (Phi) is 3.66. The Bertz CT molecular complexity index is 799. The van der Waals surface area contributed by atoms with Crippen LogP contribution in [0, 0.1) is 0 Å². The highest BCUT2D eigenvalue weighted by atomic mass is 16.5. The van der Waals surface area contributed by atoms with Crippen molar-refractivity contribution >= 4 is 5.91 Å². The fourth-order valence-electron chi connectivity index (χ4n) is 3.70. The molecule has 0 radical (unpaired) electrons. The van der Waals surface area contributed by atoms with Gasteiger partial charge in [0.2, 0.25) is 0 Å². The molecule has 2 aliphatic heterocycles. The van der Waals surface area contributed by atoms with E-state index in [-0.39, 0.29) is 17.6 Å². The van der Waals surface area contributed by atoms with Gasteiger partial charge in [-0.2, -0.15) is 0 Å². The van der Waals surface area contributed by atoms with Crippen LogP contribution in [-0.2, 0) is 4.74 Å². The number of carbonyl (C=O) groups is 1. The van der Waals surface area contributed by atoms with Crippen LogP contribution >= 0.6 is 0 Å². The molecule has 4 heterocycles. The standard InChI is InChI=1S/C18H20N4O4/c23-16(14-8-15(26-21-14)12-2-3-12)22-10-18(11-22)9-13(4-7-24-18)25-17-19-5-1-6-20-17/h1,5-6,8,12-13H,2-4,7,9-11H2/t13-/m0/s1. The Labute approximate surface area is 150 Å². The third-order valence-corrected chi connectivity index (χ3v) is 5.23. The van der Waals surface area contributed by atoms with E-state index in [0.717, 1.165) is 31.4 Å². The summed E-state index contributed by atoms with van der Waals surface area (Å²) in [6.07, 6.45) is 7.08. The smallest absolute Gasteiger partial charge is 0.316 e. The Balaban J connectivity index is 1.19. The number of ether oxygens (including phenoxy) is 2. The van der Waals surface area contributed by atoms with Gasteiger partial charge in [0.15, 0.2) is 5.69 Å².